The summed E-state index contributed by atoms with van der Waals surface area (Å²) in [5.41, 5.74) is 7.09. The number of fused-ring (bicyclic) bond motifs is 2. The molecule has 2 aromatic heterocycles. The second-order valence-electron chi connectivity index (χ2n) is 11.8. The maximum Gasteiger partial charge on any atom is 0.530 e. The van der Waals surface area contributed by atoms with Gasteiger partial charge in [0.2, 0.25) is 5.28 Å². The monoisotopic (exact) mass is 690 g/mol. The number of nitrogens with two attached hydrogens (primary N) is 1. The summed E-state index contributed by atoms with van der Waals surface area (Å²) in [6.45, 7) is 5.73. The first-order chi connectivity index (χ1) is 22.5. The molecule has 47 heavy (non-hydrogen) atoms. The number of nitrogen functional groups attached to an aromatic ring is 1. The summed E-state index contributed by atoms with van der Waals surface area (Å²) in [7, 11) is -5.04. The molecule has 0 bridgehead atoms. The lowest BCUT2D eigenvalue weighted by molar-refractivity contribution is -0.141. The quantitative estimate of drug-likeness (QED) is 0.0609. The van der Waals surface area contributed by atoms with E-state index in [-0.39, 0.29) is 41.0 Å². The number of carbonyl (C=O) groups is 1. The third-order valence-electron chi connectivity index (χ3n) is 7.80. The summed E-state index contributed by atoms with van der Waals surface area (Å²) in [4.78, 5) is 43.2. The first kappa shape index (κ1) is 35.0. The predicted molar refractivity (Wildman–Crippen MR) is 176 cm³/mol. The average Bonchev–Trinajstić information content (AvgIpc) is 3.63. The van der Waals surface area contributed by atoms with E-state index in [1.54, 1.807) is 0 Å². The van der Waals surface area contributed by atoms with Crippen LogP contribution in [0.25, 0.3) is 21.9 Å². The van der Waals surface area contributed by atoms with E-state index in [9.17, 15) is 19.4 Å². The Hall–Kier alpha value is -3.36. The highest BCUT2D eigenvalue weighted by Crippen LogP contribution is 2.49. The number of aliphatic hydroxyl groups excluding tert-OH is 1. The number of aliphatic hydroxyl groups is 1. The third kappa shape index (κ3) is 8.21. The van der Waals surface area contributed by atoms with Gasteiger partial charge < -0.3 is 20.1 Å². The molecule has 1 aliphatic heterocycles. The van der Waals surface area contributed by atoms with Gasteiger partial charge in [-0.15, -0.1) is 0 Å². The normalized spacial score (nSPS) is 20.1. The second kappa shape index (κ2) is 15.2. The fourth-order valence-corrected chi connectivity index (χ4v) is 6.74. The smallest absolute Gasteiger partial charge is 0.394 e. The Morgan fingerprint density at radius 2 is 1.98 bits per heavy atom. The highest BCUT2D eigenvalue weighted by atomic mass is 35.5. The van der Waals surface area contributed by atoms with Crippen molar-refractivity contribution in [2.24, 2.45) is 5.92 Å². The summed E-state index contributed by atoms with van der Waals surface area (Å²) in [6, 6.07) is 12.3. The van der Waals surface area contributed by atoms with Gasteiger partial charge in [0.15, 0.2) is 17.5 Å². The van der Waals surface area contributed by atoms with E-state index in [4.69, 9.17) is 36.0 Å². The Morgan fingerprint density at radius 3 is 2.72 bits per heavy atom. The average molecular weight is 691 g/mol. The van der Waals surface area contributed by atoms with E-state index < -0.39 is 44.9 Å². The largest absolute Gasteiger partial charge is 0.530 e. The molecule has 4 aromatic rings. The van der Waals surface area contributed by atoms with E-state index in [2.05, 4.69) is 21.9 Å². The lowest BCUT2D eigenvalue weighted by Crippen LogP contribution is -2.43. The van der Waals surface area contributed by atoms with Crippen molar-refractivity contribution < 1.29 is 38.0 Å². The van der Waals surface area contributed by atoms with Crippen LogP contribution in [-0.2, 0) is 28.0 Å². The molecular formula is C31H40ClN6O8P. The Balaban J connectivity index is 1.37. The van der Waals surface area contributed by atoms with E-state index in [1.165, 1.54) is 16.0 Å². The fourth-order valence-electron chi connectivity index (χ4n) is 5.61. The van der Waals surface area contributed by atoms with Crippen LogP contribution in [0.4, 0.5) is 11.5 Å². The van der Waals surface area contributed by atoms with Gasteiger partial charge in [-0.3, -0.25) is 18.8 Å². The first-order valence-corrected chi connectivity index (χ1v) is 17.4. The van der Waals surface area contributed by atoms with E-state index in [1.807, 2.05) is 56.3 Å². The maximum absolute atomic E-state index is 13.8. The van der Waals surface area contributed by atoms with Gasteiger partial charge in [-0.25, -0.2) is 19.4 Å². The number of unbranched alkanes of at least 4 members (excludes halogenated alkanes) is 2. The summed E-state index contributed by atoms with van der Waals surface area (Å²) in [6.07, 6.45) is 1.32. The van der Waals surface area contributed by atoms with Gasteiger partial charge in [0, 0.05) is 11.8 Å². The van der Waals surface area contributed by atoms with E-state index in [0.717, 1.165) is 30.0 Å². The number of hydrogen-bond acceptors (Lipinski definition) is 12. The first-order valence-electron chi connectivity index (χ1n) is 15.6. The molecular weight excluding hydrogens is 651 g/mol. The Kier molecular flexibility index (Phi) is 11.3. The molecule has 0 aliphatic carbocycles. The van der Waals surface area contributed by atoms with Gasteiger partial charge in [0.25, 0.3) is 0 Å². The summed E-state index contributed by atoms with van der Waals surface area (Å²) in [5, 5.41) is 13.2. The molecule has 1 unspecified atom stereocenters. The van der Waals surface area contributed by atoms with Crippen LogP contribution in [0.15, 0.2) is 48.8 Å². The number of hydroxylamine groups is 1. The van der Waals surface area contributed by atoms with Crippen molar-refractivity contribution in [1.29, 1.82) is 0 Å². The van der Waals surface area contributed by atoms with Crippen LogP contribution in [0.5, 0.6) is 0 Å². The molecule has 0 radical (unpaired) electrons. The minimum absolute atomic E-state index is 0.0117. The molecule has 16 heteroatoms. The van der Waals surface area contributed by atoms with Gasteiger partial charge in [0.05, 0.1) is 25.2 Å². The predicted octanol–water partition coefficient (Wildman–Crippen LogP) is 5.57. The van der Waals surface area contributed by atoms with Crippen molar-refractivity contribution in [2.45, 2.75) is 77.4 Å². The highest BCUT2D eigenvalue weighted by molar-refractivity contribution is 7.48. The standard InChI is InChI=1S/C31H40ClN6O8P/c1-4-5-8-14-43-38(22-13-9-11-20-10-6-7-12-21(20)22)23(15-19(2)3)30(40)46-47(41,42)45-24-16-26(44-25(24)17-39)37-18-34-27-28(33)35-31(32)36-29(27)37/h6-7,9-13,18-19,23-26,39H,4-5,8,14-17H2,1-3H3,(H,41,42)(H2,33,35,36)/t23-,24-,25+,26+/m0/s1. The number of anilines is 2. The number of carbonyl (C=O) groups excluding carboxylic acids is 1. The topological polar surface area (TPSA) is 184 Å². The van der Waals surface area contributed by atoms with Crippen molar-refractivity contribution in [2.75, 3.05) is 24.0 Å². The number of benzene rings is 2. The summed E-state index contributed by atoms with van der Waals surface area (Å²) in [5.74, 6) is -0.938. The molecule has 0 spiro atoms. The minimum Gasteiger partial charge on any atom is -0.394 e. The molecule has 4 N–H and O–H groups in total. The number of nitrogens with zero attached hydrogens (tertiary/aromatic N) is 5. The Labute approximate surface area is 277 Å². The van der Waals surface area contributed by atoms with Crippen molar-refractivity contribution in [3.05, 3.63) is 54.1 Å². The maximum atomic E-state index is 13.8. The van der Waals surface area contributed by atoms with E-state index in [0.29, 0.717) is 12.3 Å². The van der Waals surface area contributed by atoms with Gasteiger partial charge in [0.1, 0.15) is 24.0 Å². The number of rotatable bonds is 15. The number of ether oxygens (including phenoxy) is 1. The van der Waals surface area contributed by atoms with Crippen molar-refractivity contribution in [1.82, 2.24) is 19.5 Å². The molecule has 254 valence electrons. The third-order valence-corrected chi connectivity index (χ3v) is 8.91. The molecule has 0 saturated carbocycles. The van der Waals surface area contributed by atoms with Crippen molar-refractivity contribution in [3.8, 4) is 0 Å². The number of hydrogen-bond donors (Lipinski definition) is 3. The van der Waals surface area contributed by atoms with Crippen LogP contribution in [0.1, 0.15) is 59.1 Å². The number of phosphoric acid groups is 1. The van der Waals surface area contributed by atoms with Gasteiger partial charge >= 0.3 is 13.8 Å². The van der Waals surface area contributed by atoms with Gasteiger partial charge in [-0.05, 0) is 41.8 Å². The van der Waals surface area contributed by atoms with Crippen LogP contribution in [0, 0.1) is 5.92 Å². The lowest BCUT2D eigenvalue weighted by atomic mass is 10.0. The molecule has 1 fully saturated rings. The molecule has 5 atom stereocenters. The van der Waals surface area contributed by atoms with Gasteiger partial charge in [-0.1, -0.05) is 70.0 Å². The molecule has 0 amide bonds. The molecule has 3 heterocycles. The van der Waals surface area contributed by atoms with Crippen LogP contribution in [0.2, 0.25) is 5.28 Å². The molecule has 5 rings (SSSR count). The number of imidazole rings is 1. The molecule has 1 saturated heterocycles. The van der Waals surface area contributed by atoms with E-state index >= 15 is 0 Å². The highest BCUT2D eigenvalue weighted by Gasteiger charge is 2.44. The van der Waals surface area contributed by atoms with Crippen molar-refractivity contribution >= 4 is 58.8 Å². The number of halogens is 1. The zero-order valence-corrected chi connectivity index (χ0v) is 28.1. The zero-order valence-electron chi connectivity index (χ0n) is 26.4. The Bertz CT molecular complexity index is 1740. The molecule has 14 nitrogen and oxygen atoms in total. The lowest BCUT2D eigenvalue weighted by Gasteiger charge is -2.33. The number of phosphoric ester groups is 1. The zero-order chi connectivity index (χ0) is 33.7. The fraction of sp³-hybridized carbons (Fsp3) is 0.484. The van der Waals surface area contributed by atoms with Crippen LogP contribution >= 0.6 is 19.4 Å². The van der Waals surface area contributed by atoms with Crippen LogP contribution < -0.4 is 10.8 Å². The SMILES string of the molecule is CCCCCON(c1cccc2ccccc12)[C@@H](CC(C)C)C(=O)OP(=O)(O)O[C@H]1C[C@H](n2cnc3c(N)nc(Cl)nc32)O[C@@H]1CO. The molecule has 1 aliphatic rings. The van der Waals surface area contributed by atoms with Crippen LogP contribution in [-0.4, -0.2) is 67.0 Å². The summed E-state index contributed by atoms with van der Waals surface area (Å²) >= 11 is 5.99. The number of aromatic nitrogens is 4. The van der Waals surface area contributed by atoms with Crippen molar-refractivity contribution in [3.63, 3.8) is 0 Å². The second-order valence-corrected chi connectivity index (χ2v) is 13.5. The summed E-state index contributed by atoms with van der Waals surface area (Å²) < 4.78 is 31.6. The Morgan fingerprint density at radius 1 is 1.21 bits per heavy atom. The van der Waals surface area contributed by atoms with Gasteiger partial charge in [-0.2, -0.15) is 9.97 Å². The molecule has 2 aromatic carbocycles. The minimum atomic E-state index is -5.04. The van der Waals surface area contributed by atoms with Crippen LogP contribution in [0.3, 0.4) is 0 Å².